The van der Waals surface area contributed by atoms with Crippen LogP contribution >= 0.6 is 11.3 Å². The zero-order valence-electron chi connectivity index (χ0n) is 24.9. The van der Waals surface area contributed by atoms with E-state index in [1.807, 2.05) is 22.6 Å². The van der Waals surface area contributed by atoms with Crippen molar-refractivity contribution < 1.29 is 51.0 Å². The number of carboxylic acids is 1. The van der Waals surface area contributed by atoms with Gasteiger partial charge in [-0.1, -0.05) is 5.16 Å². The number of hydroxylamine groups is 2. The molecule has 3 aromatic rings. The van der Waals surface area contributed by atoms with Crippen molar-refractivity contribution in [3.63, 3.8) is 0 Å². The van der Waals surface area contributed by atoms with E-state index in [9.17, 15) is 27.9 Å². The molecule has 0 radical (unpaired) electrons. The number of hydrogen-bond donors (Lipinski definition) is 6. The minimum atomic E-state index is -5.02. The lowest BCUT2D eigenvalue weighted by molar-refractivity contribution is -0.775. The summed E-state index contributed by atoms with van der Waals surface area (Å²) in [5.41, 5.74) is 16.1. The summed E-state index contributed by atoms with van der Waals surface area (Å²) in [5, 5.41) is 18.5. The molecular weight excluding hydrogens is 650 g/mol. The van der Waals surface area contributed by atoms with Crippen molar-refractivity contribution in [1.29, 1.82) is 0 Å². The second kappa shape index (κ2) is 13.5. The first-order valence-electron chi connectivity index (χ1n) is 13.6. The fourth-order valence-corrected chi connectivity index (χ4v) is 5.55. The SMILES string of the molecule is Cn1c2ccc(OC[C@H](O/N=C(\C(=O)NC3C(=O)N(OS(=O)(=O)O)C3(C)C)c3csc(N)n3)C(=O)O)cc2c[n+]1CC(CN)CN. The van der Waals surface area contributed by atoms with E-state index in [0.717, 1.165) is 22.2 Å². The van der Waals surface area contributed by atoms with Gasteiger partial charge < -0.3 is 37.2 Å². The summed E-state index contributed by atoms with van der Waals surface area (Å²) in [6.45, 7) is 3.67. The fourth-order valence-electron chi connectivity index (χ4n) is 4.55. The van der Waals surface area contributed by atoms with Gasteiger partial charge in [-0.15, -0.1) is 20.3 Å². The molecule has 19 nitrogen and oxygen atoms in total. The molecule has 0 bridgehead atoms. The summed E-state index contributed by atoms with van der Waals surface area (Å²) in [5.74, 6) is -3.05. The number of nitrogen functional groups attached to an aromatic ring is 1. The molecule has 9 N–H and O–H groups in total. The van der Waals surface area contributed by atoms with Gasteiger partial charge in [0.2, 0.25) is 6.20 Å². The smallest absolute Gasteiger partial charge is 0.418 e. The minimum absolute atomic E-state index is 0.0561. The van der Waals surface area contributed by atoms with Crippen LogP contribution in [0.2, 0.25) is 0 Å². The van der Waals surface area contributed by atoms with Gasteiger partial charge in [-0.05, 0) is 32.0 Å². The third kappa shape index (κ3) is 7.51. The number of benzene rings is 1. The van der Waals surface area contributed by atoms with Crippen molar-refractivity contribution in [3.8, 4) is 5.75 Å². The van der Waals surface area contributed by atoms with Crippen molar-refractivity contribution in [2.45, 2.75) is 38.1 Å². The van der Waals surface area contributed by atoms with Crippen molar-refractivity contribution in [2.75, 3.05) is 25.4 Å². The number of carbonyl (C=O) groups is 3. The van der Waals surface area contributed by atoms with Gasteiger partial charge in [0.1, 0.15) is 29.6 Å². The number of rotatable bonds is 15. The Kier molecular flexibility index (Phi) is 10.1. The number of carbonyl (C=O) groups excluding carboxylic acids is 2. The molecule has 21 heteroatoms. The Labute approximate surface area is 266 Å². The van der Waals surface area contributed by atoms with E-state index in [4.69, 9.17) is 31.3 Å². The summed E-state index contributed by atoms with van der Waals surface area (Å²) in [6, 6.07) is 3.85. The number of ether oxygens (including phenoxy) is 1. The van der Waals surface area contributed by atoms with Crippen LogP contribution in [0.1, 0.15) is 19.5 Å². The van der Waals surface area contributed by atoms with Crippen LogP contribution in [0.3, 0.4) is 0 Å². The van der Waals surface area contributed by atoms with Crippen LogP contribution in [-0.4, -0.2) is 93.7 Å². The number of aryl methyl sites for hydroxylation is 1. The third-order valence-electron chi connectivity index (χ3n) is 7.18. The van der Waals surface area contributed by atoms with Gasteiger partial charge in [0.05, 0.1) is 18.0 Å². The van der Waals surface area contributed by atoms with E-state index in [2.05, 4.69) is 19.7 Å². The summed E-state index contributed by atoms with van der Waals surface area (Å²) in [6.07, 6.45) is 0.202. The average Bonchev–Trinajstić information content (AvgIpc) is 3.55. The van der Waals surface area contributed by atoms with Gasteiger partial charge >= 0.3 is 16.4 Å². The van der Waals surface area contributed by atoms with E-state index in [0.29, 0.717) is 30.4 Å². The van der Waals surface area contributed by atoms with Crippen LogP contribution in [0.25, 0.3) is 10.9 Å². The quantitative estimate of drug-likeness (QED) is 0.0336. The number of hydrogen-bond acceptors (Lipinski definition) is 14. The summed E-state index contributed by atoms with van der Waals surface area (Å²) < 4.78 is 45.0. The van der Waals surface area contributed by atoms with Crippen molar-refractivity contribution in [1.82, 2.24) is 20.0 Å². The molecule has 1 aromatic carbocycles. The lowest BCUT2D eigenvalue weighted by atomic mass is 9.84. The number of amides is 2. The number of oxime groups is 1. The van der Waals surface area contributed by atoms with Crippen molar-refractivity contribution in [2.24, 2.45) is 29.6 Å². The second-order valence-corrected chi connectivity index (χ2v) is 12.7. The van der Waals surface area contributed by atoms with Crippen molar-refractivity contribution >= 4 is 61.3 Å². The average molecular weight is 685 g/mol. The Morgan fingerprint density at radius 1 is 1.28 bits per heavy atom. The van der Waals surface area contributed by atoms with Gasteiger partial charge in [-0.25, -0.2) is 9.78 Å². The maximum absolute atomic E-state index is 13.2. The maximum atomic E-state index is 13.2. The highest BCUT2D eigenvalue weighted by atomic mass is 32.3. The number of anilines is 1. The fraction of sp³-hybridized carbons (Fsp3) is 0.440. The molecule has 0 saturated carbocycles. The Bertz CT molecular complexity index is 1770. The Morgan fingerprint density at radius 2 is 1.98 bits per heavy atom. The zero-order chi connectivity index (χ0) is 34.0. The lowest BCUT2D eigenvalue weighted by Crippen LogP contribution is -2.76. The first-order chi connectivity index (χ1) is 21.5. The van der Waals surface area contributed by atoms with E-state index < -0.39 is 58.2 Å². The third-order valence-corrected chi connectivity index (χ3v) is 8.19. The molecule has 2 atom stereocenters. The Hall–Kier alpha value is -4.41. The molecule has 4 rings (SSSR count). The normalized spacial score (nSPS) is 17.2. The van der Waals surface area contributed by atoms with Gasteiger partial charge in [0, 0.05) is 24.4 Å². The molecule has 2 amide bonds. The predicted molar refractivity (Wildman–Crippen MR) is 161 cm³/mol. The summed E-state index contributed by atoms with van der Waals surface area (Å²) in [7, 11) is -3.14. The zero-order valence-corrected chi connectivity index (χ0v) is 26.5. The number of aromatic nitrogens is 3. The monoisotopic (exact) mass is 684 g/mol. The topological polar surface area (TPSA) is 281 Å². The largest absolute Gasteiger partial charge is 0.489 e. The number of nitrogens with one attached hydrogen (secondary N) is 1. The van der Waals surface area contributed by atoms with E-state index in [1.54, 1.807) is 18.2 Å². The van der Waals surface area contributed by atoms with Gasteiger partial charge in [-0.2, -0.15) is 18.2 Å². The molecule has 0 aliphatic carbocycles. The number of fused-ring (bicyclic) bond motifs is 1. The highest BCUT2D eigenvalue weighted by molar-refractivity contribution is 7.80. The second-order valence-electron chi connectivity index (χ2n) is 10.8. The van der Waals surface area contributed by atoms with E-state index in [1.165, 1.54) is 19.2 Å². The first-order valence-corrected chi connectivity index (χ1v) is 15.8. The number of β-lactam (4-membered cyclic amide) rings is 1. The highest BCUT2D eigenvalue weighted by Crippen LogP contribution is 2.33. The van der Waals surface area contributed by atoms with E-state index in [-0.39, 0.29) is 16.7 Å². The number of thiazole rings is 1. The highest BCUT2D eigenvalue weighted by Gasteiger charge is 2.58. The van der Waals surface area contributed by atoms with Crippen LogP contribution in [0.15, 0.2) is 34.9 Å². The van der Waals surface area contributed by atoms with Gasteiger partial charge in [-0.3, -0.25) is 14.1 Å². The van der Waals surface area contributed by atoms with Crippen molar-refractivity contribution in [3.05, 3.63) is 35.5 Å². The molecule has 46 heavy (non-hydrogen) atoms. The van der Waals surface area contributed by atoms with Crippen LogP contribution in [-0.2, 0) is 47.5 Å². The summed E-state index contributed by atoms with van der Waals surface area (Å²) >= 11 is 0.957. The molecular formula is C25H34N9O10S2+. The van der Waals surface area contributed by atoms with Crippen LogP contribution in [0.5, 0.6) is 5.75 Å². The number of nitrogens with two attached hydrogens (primary N) is 3. The Morgan fingerprint density at radius 3 is 2.54 bits per heavy atom. The van der Waals surface area contributed by atoms with Crippen LogP contribution in [0, 0.1) is 5.92 Å². The Balaban J connectivity index is 1.49. The molecule has 250 valence electrons. The summed E-state index contributed by atoms with van der Waals surface area (Å²) in [4.78, 5) is 46.9. The van der Waals surface area contributed by atoms with Crippen LogP contribution in [0.4, 0.5) is 5.13 Å². The number of aliphatic carboxylic acids is 1. The molecule has 1 aliphatic heterocycles. The van der Waals surface area contributed by atoms with Gasteiger partial charge in [0.15, 0.2) is 17.4 Å². The molecule has 1 unspecified atom stereocenters. The molecule has 2 aromatic heterocycles. The standard InChI is InChI=1S/C25H33N9O10S2/c1-25(2)20(22(36)34(25)44-46(39,40)41)30-21(35)19(16-12-45-24(28)29-16)31-43-18(23(37)38)11-42-15-4-5-17-14(6-15)10-33(32(17)3)9-13(7-26)8-27/h4-6,10,12-13,18,20H,7-9,11,26-27H2,1-3H3,(H4-,28,29,30,35,37,38,39,40,41)/p+1/b31-19-/t18-,20?/m0/s1. The molecule has 0 spiro atoms. The molecule has 3 heterocycles. The van der Waals surface area contributed by atoms with Gasteiger partial charge in [0.25, 0.3) is 17.9 Å². The van der Waals surface area contributed by atoms with E-state index >= 15 is 0 Å². The first kappa shape index (κ1) is 34.5. The number of nitrogens with zero attached hydrogens (tertiary/aromatic N) is 5. The maximum Gasteiger partial charge on any atom is 0.418 e. The lowest BCUT2D eigenvalue weighted by Gasteiger charge is -2.50. The molecule has 1 saturated heterocycles. The molecule has 1 aliphatic rings. The minimum Gasteiger partial charge on any atom is -0.489 e. The molecule has 1 fully saturated rings. The number of carboxylic acid groups (broad SMARTS) is 1. The van der Waals surface area contributed by atoms with Crippen LogP contribution < -0.4 is 31.9 Å². The predicted octanol–water partition coefficient (Wildman–Crippen LogP) is -1.87.